The molecular formula is C8H16N2O4S. The van der Waals surface area contributed by atoms with Crippen LogP contribution in [-0.4, -0.2) is 45.4 Å². The van der Waals surface area contributed by atoms with Gasteiger partial charge in [0.25, 0.3) is 10.2 Å². The van der Waals surface area contributed by atoms with Crippen molar-refractivity contribution in [2.45, 2.75) is 19.3 Å². The predicted octanol–water partition coefficient (Wildman–Crippen LogP) is -0.520. The van der Waals surface area contributed by atoms with Gasteiger partial charge >= 0.3 is 5.97 Å². The summed E-state index contributed by atoms with van der Waals surface area (Å²) in [5.41, 5.74) is 0. The van der Waals surface area contributed by atoms with Crippen LogP contribution >= 0.6 is 0 Å². The molecule has 0 aromatic heterocycles. The largest absolute Gasteiger partial charge is 0.468 e. The molecule has 7 heteroatoms. The Balaban J connectivity index is 2.46. The van der Waals surface area contributed by atoms with E-state index in [-0.39, 0.29) is 6.54 Å². The third-order valence-corrected chi connectivity index (χ3v) is 3.84. The molecule has 1 saturated heterocycles. The van der Waals surface area contributed by atoms with Gasteiger partial charge in [-0.2, -0.15) is 17.4 Å². The van der Waals surface area contributed by atoms with Crippen molar-refractivity contribution in [1.29, 1.82) is 0 Å². The lowest BCUT2D eigenvalue weighted by Crippen LogP contribution is -2.45. The SMILES string of the molecule is COC(=O)CNS(=O)(=O)N1CCCCC1. The van der Waals surface area contributed by atoms with Crippen molar-refractivity contribution >= 4 is 16.2 Å². The van der Waals surface area contributed by atoms with Crippen LogP contribution in [0.5, 0.6) is 0 Å². The minimum Gasteiger partial charge on any atom is -0.468 e. The van der Waals surface area contributed by atoms with Crippen molar-refractivity contribution in [3.05, 3.63) is 0 Å². The van der Waals surface area contributed by atoms with Gasteiger partial charge in [0.05, 0.1) is 7.11 Å². The highest BCUT2D eigenvalue weighted by Crippen LogP contribution is 2.11. The molecule has 88 valence electrons. The van der Waals surface area contributed by atoms with Crippen LogP contribution in [0.25, 0.3) is 0 Å². The zero-order valence-electron chi connectivity index (χ0n) is 8.73. The van der Waals surface area contributed by atoms with Crippen LogP contribution in [-0.2, 0) is 19.7 Å². The van der Waals surface area contributed by atoms with Crippen molar-refractivity contribution in [2.24, 2.45) is 0 Å². The molecule has 15 heavy (non-hydrogen) atoms. The Kier molecular flexibility index (Phi) is 4.49. The van der Waals surface area contributed by atoms with E-state index in [0.29, 0.717) is 13.1 Å². The molecule has 1 aliphatic heterocycles. The number of methoxy groups -OCH3 is 1. The standard InChI is InChI=1S/C8H16N2O4S/c1-14-8(11)7-9-15(12,13)10-5-3-2-4-6-10/h9H,2-7H2,1H3. The first-order valence-electron chi connectivity index (χ1n) is 4.88. The summed E-state index contributed by atoms with van der Waals surface area (Å²) in [6, 6.07) is 0. The highest BCUT2D eigenvalue weighted by atomic mass is 32.2. The number of nitrogens with zero attached hydrogens (tertiary/aromatic N) is 1. The number of rotatable bonds is 4. The summed E-state index contributed by atoms with van der Waals surface area (Å²) in [5.74, 6) is -0.587. The lowest BCUT2D eigenvalue weighted by Gasteiger charge is -2.25. The molecule has 1 fully saturated rings. The average Bonchev–Trinajstić information content (AvgIpc) is 2.27. The monoisotopic (exact) mass is 236 g/mol. The van der Waals surface area contributed by atoms with Gasteiger partial charge in [-0.25, -0.2) is 0 Å². The predicted molar refractivity (Wildman–Crippen MR) is 54.4 cm³/mol. The zero-order chi connectivity index (χ0) is 11.3. The fourth-order valence-electron chi connectivity index (χ4n) is 1.42. The summed E-state index contributed by atoms with van der Waals surface area (Å²) in [6.07, 6.45) is 2.81. The summed E-state index contributed by atoms with van der Waals surface area (Å²) < 4.78 is 31.1. The number of carbonyl (C=O) groups is 1. The fraction of sp³-hybridized carbons (Fsp3) is 0.875. The summed E-state index contributed by atoms with van der Waals surface area (Å²) in [4.78, 5) is 10.8. The Labute approximate surface area is 89.8 Å². The van der Waals surface area contributed by atoms with E-state index >= 15 is 0 Å². The first-order chi connectivity index (χ1) is 7.06. The van der Waals surface area contributed by atoms with Crippen LogP contribution in [0.1, 0.15) is 19.3 Å². The number of piperidine rings is 1. The van der Waals surface area contributed by atoms with E-state index in [1.54, 1.807) is 0 Å². The van der Waals surface area contributed by atoms with Crippen molar-refractivity contribution in [2.75, 3.05) is 26.7 Å². The van der Waals surface area contributed by atoms with Crippen molar-refractivity contribution in [3.8, 4) is 0 Å². The van der Waals surface area contributed by atoms with Gasteiger partial charge in [-0.15, -0.1) is 0 Å². The molecule has 1 heterocycles. The van der Waals surface area contributed by atoms with Gasteiger partial charge in [-0.05, 0) is 12.8 Å². The summed E-state index contributed by atoms with van der Waals surface area (Å²) >= 11 is 0. The molecule has 0 aromatic carbocycles. The molecule has 0 unspecified atom stereocenters. The number of hydrogen-bond acceptors (Lipinski definition) is 4. The third-order valence-electron chi connectivity index (χ3n) is 2.28. The van der Waals surface area contributed by atoms with E-state index in [9.17, 15) is 13.2 Å². The average molecular weight is 236 g/mol. The van der Waals surface area contributed by atoms with Gasteiger partial charge in [-0.3, -0.25) is 4.79 Å². The van der Waals surface area contributed by atoms with Crippen LogP contribution in [0.15, 0.2) is 0 Å². The Morgan fingerprint density at radius 3 is 2.47 bits per heavy atom. The fourth-order valence-corrected chi connectivity index (χ4v) is 2.64. The summed E-state index contributed by atoms with van der Waals surface area (Å²) in [7, 11) is -2.29. The molecule has 0 radical (unpaired) electrons. The molecule has 1 aliphatic rings. The van der Waals surface area contributed by atoms with E-state index in [2.05, 4.69) is 9.46 Å². The van der Waals surface area contributed by atoms with Gasteiger partial charge < -0.3 is 4.74 Å². The molecule has 1 N–H and O–H groups in total. The minimum absolute atomic E-state index is 0.310. The van der Waals surface area contributed by atoms with Crippen molar-refractivity contribution < 1.29 is 17.9 Å². The number of hydrogen-bond donors (Lipinski definition) is 1. The Bertz CT molecular complexity index is 309. The molecule has 0 saturated carbocycles. The quantitative estimate of drug-likeness (QED) is 0.666. The zero-order valence-corrected chi connectivity index (χ0v) is 9.55. The lowest BCUT2D eigenvalue weighted by atomic mass is 10.2. The van der Waals surface area contributed by atoms with E-state index in [0.717, 1.165) is 19.3 Å². The maximum absolute atomic E-state index is 11.6. The van der Waals surface area contributed by atoms with Crippen molar-refractivity contribution in [1.82, 2.24) is 9.03 Å². The van der Waals surface area contributed by atoms with E-state index in [1.807, 2.05) is 0 Å². The third kappa shape index (κ3) is 3.77. The lowest BCUT2D eigenvalue weighted by molar-refractivity contribution is -0.139. The molecular weight excluding hydrogens is 220 g/mol. The van der Waals surface area contributed by atoms with Gasteiger partial charge in [0.15, 0.2) is 0 Å². The first-order valence-corrected chi connectivity index (χ1v) is 6.32. The number of nitrogens with one attached hydrogen (secondary N) is 1. The molecule has 0 bridgehead atoms. The van der Waals surface area contributed by atoms with Gasteiger partial charge in [0.2, 0.25) is 0 Å². The Hall–Kier alpha value is -0.660. The van der Waals surface area contributed by atoms with Crippen molar-refractivity contribution in [3.63, 3.8) is 0 Å². The second-order valence-electron chi connectivity index (χ2n) is 3.36. The van der Waals surface area contributed by atoms with Gasteiger partial charge in [0, 0.05) is 13.1 Å². The molecule has 0 aliphatic carbocycles. The van der Waals surface area contributed by atoms with Crippen LogP contribution in [0.4, 0.5) is 0 Å². The van der Waals surface area contributed by atoms with Crippen LogP contribution in [0, 0.1) is 0 Å². The van der Waals surface area contributed by atoms with E-state index in [4.69, 9.17) is 0 Å². The topological polar surface area (TPSA) is 75.7 Å². The van der Waals surface area contributed by atoms with Crippen LogP contribution < -0.4 is 4.72 Å². The number of ether oxygens (including phenoxy) is 1. The van der Waals surface area contributed by atoms with E-state index < -0.39 is 16.2 Å². The maximum atomic E-state index is 11.6. The first kappa shape index (κ1) is 12.4. The second-order valence-corrected chi connectivity index (χ2v) is 5.12. The van der Waals surface area contributed by atoms with Gasteiger partial charge in [-0.1, -0.05) is 6.42 Å². The minimum atomic E-state index is -3.51. The molecule has 0 amide bonds. The maximum Gasteiger partial charge on any atom is 0.320 e. The van der Waals surface area contributed by atoms with Crippen LogP contribution in [0.3, 0.4) is 0 Å². The van der Waals surface area contributed by atoms with Crippen LogP contribution in [0.2, 0.25) is 0 Å². The Morgan fingerprint density at radius 2 is 1.93 bits per heavy atom. The number of carbonyl (C=O) groups excluding carboxylic acids is 1. The number of esters is 1. The Morgan fingerprint density at radius 1 is 1.33 bits per heavy atom. The molecule has 0 atom stereocenters. The molecule has 0 spiro atoms. The van der Waals surface area contributed by atoms with E-state index in [1.165, 1.54) is 11.4 Å². The smallest absolute Gasteiger partial charge is 0.320 e. The summed E-state index contributed by atoms with van der Waals surface area (Å²) in [6.45, 7) is 0.738. The highest BCUT2D eigenvalue weighted by Gasteiger charge is 2.23. The second kappa shape index (κ2) is 5.43. The molecule has 0 aromatic rings. The molecule has 6 nitrogen and oxygen atoms in total. The normalized spacial score (nSPS) is 18.7. The summed E-state index contributed by atoms with van der Waals surface area (Å²) in [5, 5.41) is 0. The highest BCUT2D eigenvalue weighted by molar-refractivity contribution is 7.87. The van der Waals surface area contributed by atoms with Gasteiger partial charge in [0.1, 0.15) is 6.54 Å². The molecule has 1 rings (SSSR count).